The first-order valence-electron chi connectivity index (χ1n) is 5.28. The van der Waals surface area contributed by atoms with Gasteiger partial charge in [0.15, 0.2) is 0 Å². The molecule has 0 saturated carbocycles. The van der Waals surface area contributed by atoms with Gasteiger partial charge in [-0.2, -0.15) is 0 Å². The molecule has 1 aromatic heterocycles. The second-order valence-corrected chi connectivity index (χ2v) is 3.55. The van der Waals surface area contributed by atoms with Crippen LogP contribution in [0.4, 0.5) is 0 Å². The van der Waals surface area contributed by atoms with Crippen LogP contribution in [0.2, 0.25) is 0 Å². The third kappa shape index (κ3) is 6.17. The van der Waals surface area contributed by atoms with E-state index in [1.54, 1.807) is 13.1 Å². The average molecular weight is 209 g/mol. The molecule has 4 heteroatoms. The maximum Gasteiger partial charge on any atom is 0.0636 e. The minimum Gasteiger partial charge on any atom is -0.392 e. The predicted molar refractivity (Wildman–Crippen MR) is 60.5 cm³/mol. The molecule has 0 radical (unpaired) electrons. The molecule has 1 rings (SSSR count). The predicted octanol–water partition coefficient (Wildman–Crippen LogP) is 0.142. The minimum atomic E-state index is -0.277. The Bertz CT molecular complexity index is 251. The Morgan fingerprint density at radius 2 is 2.13 bits per heavy atom. The monoisotopic (exact) mass is 209 g/mol. The summed E-state index contributed by atoms with van der Waals surface area (Å²) >= 11 is 0. The van der Waals surface area contributed by atoms with Crippen LogP contribution in [0.1, 0.15) is 12.6 Å². The van der Waals surface area contributed by atoms with E-state index in [2.05, 4.69) is 15.6 Å². The van der Waals surface area contributed by atoms with Gasteiger partial charge in [0.05, 0.1) is 11.8 Å². The smallest absolute Gasteiger partial charge is 0.0636 e. The molecule has 4 nitrogen and oxygen atoms in total. The van der Waals surface area contributed by atoms with Crippen molar-refractivity contribution in [2.24, 2.45) is 0 Å². The second kappa shape index (κ2) is 7.34. The van der Waals surface area contributed by atoms with E-state index in [-0.39, 0.29) is 6.10 Å². The molecule has 0 aromatic carbocycles. The number of aliphatic hydroxyl groups is 1. The maximum absolute atomic E-state index is 8.99. The summed E-state index contributed by atoms with van der Waals surface area (Å²) in [7, 11) is 0. The van der Waals surface area contributed by atoms with Gasteiger partial charge in [-0.3, -0.25) is 4.98 Å². The number of nitrogens with zero attached hydrogens (tertiary/aromatic N) is 1. The van der Waals surface area contributed by atoms with E-state index >= 15 is 0 Å². The lowest BCUT2D eigenvalue weighted by Gasteiger charge is -2.07. The van der Waals surface area contributed by atoms with Crippen molar-refractivity contribution in [3.63, 3.8) is 0 Å². The van der Waals surface area contributed by atoms with Gasteiger partial charge in [-0.25, -0.2) is 0 Å². The molecule has 1 heterocycles. The molecule has 1 aromatic rings. The summed E-state index contributed by atoms with van der Waals surface area (Å²) in [5.74, 6) is 0. The van der Waals surface area contributed by atoms with Crippen LogP contribution in [0.15, 0.2) is 24.4 Å². The molecule has 84 valence electrons. The van der Waals surface area contributed by atoms with Crippen LogP contribution >= 0.6 is 0 Å². The average Bonchev–Trinajstić information content (AvgIpc) is 2.24. The summed E-state index contributed by atoms with van der Waals surface area (Å²) in [6, 6.07) is 5.89. The Kier molecular flexibility index (Phi) is 5.92. The summed E-state index contributed by atoms with van der Waals surface area (Å²) in [5, 5.41) is 15.4. The number of hydrogen-bond donors (Lipinski definition) is 3. The van der Waals surface area contributed by atoms with Crippen LogP contribution < -0.4 is 10.6 Å². The Labute approximate surface area is 90.7 Å². The van der Waals surface area contributed by atoms with Crippen LogP contribution in [0.3, 0.4) is 0 Å². The van der Waals surface area contributed by atoms with E-state index in [0.717, 1.165) is 25.3 Å². The van der Waals surface area contributed by atoms with Gasteiger partial charge in [0.25, 0.3) is 0 Å². The molecular weight excluding hydrogens is 190 g/mol. The normalized spacial score (nSPS) is 12.7. The summed E-state index contributed by atoms with van der Waals surface area (Å²) in [4.78, 5) is 4.20. The van der Waals surface area contributed by atoms with Gasteiger partial charge in [0.2, 0.25) is 0 Å². The molecule has 0 aliphatic rings. The van der Waals surface area contributed by atoms with Crippen molar-refractivity contribution in [1.29, 1.82) is 0 Å². The van der Waals surface area contributed by atoms with Crippen molar-refractivity contribution >= 4 is 0 Å². The highest BCUT2D eigenvalue weighted by atomic mass is 16.3. The topological polar surface area (TPSA) is 57.2 Å². The van der Waals surface area contributed by atoms with Gasteiger partial charge in [0.1, 0.15) is 0 Å². The van der Waals surface area contributed by atoms with Crippen LogP contribution in [-0.4, -0.2) is 35.8 Å². The van der Waals surface area contributed by atoms with Gasteiger partial charge in [-0.05, 0) is 19.1 Å². The summed E-state index contributed by atoms with van der Waals surface area (Å²) in [6.45, 7) is 4.94. The number of pyridine rings is 1. The van der Waals surface area contributed by atoms with Crippen LogP contribution in [0.5, 0.6) is 0 Å². The lowest BCUT2D eigenvalue weighted by atomic mass is 10.3. The highest BCUT2D eigenvalue weighted by Gasteiger charge is 1.94. The van der Waals surface area contributed by atoms with Gasteiger partial charge < -0.3 is 15.7 Å². The quantitative estimate of drug-likeness (QED) is 0.559. The fraction of sp³-hybridized carbons (Fsp3) is 0.545. The molecule has 1 unspecified atom stereocenters. The van der Waals surface area contributed by atoms with Crippen molar-refractivity contribution in [2.75, 3.05) is 19.6 Å². The van der Waals surface area contributed by atoms with Gasteiger partial charge >= 0.3 is 0 Å². The Balaban J connectivity index is 1.98. The van der Waals surface area contributed by atoms with Crippen LogP contribution in [0, 0.1) is 0 Å². The van der Waals surface area contributed by atoms with Crippen molar-refractivity contribution in [2.45, 2.75) is 19.6 Å². The summed E-state index contributed by atoms with van der Waals surface area (Å²) in [5.41, 5.74) is 1.05. The fourth-order valence-electron chi connectivity index (χ4n) is 1.21. The highest BCUT2D eigenvalue weighted by molar-refractivity contribution is 5.02. The molecule has 0 amide bonds. The standard InChI is InChI=1S/C11H19N3O/c1-10(15)8-12-6-7-13-9-11-4-2-3-5-14-11/h2-5,10,12-13,15H,6-9H2,1H3. The van der Waals surface area contributed by atoms with Gasteiger partial charge in [-0.1, -0.05) is 6.07 Å². The SMILES string of the molecule is CC(O)CNCCNCc1ccccn1. The van der Waals surface area contributed by atoms with Gasteiger partial charge in [0, 0.05) is 32.4 Å². The first-order valence-corrected chi connectivity index (χ1v) is 5.28. The number of nitrogens with one attached hydrogen (secondary N) is 2. The zero-order chi connectivity index (χ0) is 10.9. The van der Waals surface area contributed by atoms with Crippen molar-refractivity contribution in [3.05, 3.63) is 30.1 Å². The number of aromatic nitrogens is 1. The molecular formula is C11H19N3O. The van der Waals surface area contributed by atoms with Crippen LogP contribution in [-0.2, 0) is 6.54 Å². The number of aliphatic hydroxyl groups excluding tert-OH is 1. The van der Waals surface area contributed by atoms with Crippen molar-refractivity contribution < 1.29 is 5.11 Å². The van der Waals surface area contributed by atoms with Crippen molar-refractivity contribution in [1.82, 2.24) is 15.6 Å². The van der Waals surface area contributed by atoms with E-state index in [1.807, 2.05) is 18.2 Å². The Morgan fingerprint density at radius 1 is 1.33 bits per heavy atom. The van der Waals surface area contributed by atoms with Gasteiger partial charge in [-0.15, -0.1) is 0 Å². The molecule has 0 aliphatic carbocycles. The number of rotatable bonds is 7. The fourth-order valence-corrected chi connectivity index (χ4v) is 1.21. The molecule has 15 heavy (non-hydrogen) atoms. The highest BCUT2D eigenvalue weighted by Crippen LogP contribution is 1.90. The van der Waals surface area contributed by atoms with E-state index in [4.69, 9.17) is 5.11 Å². The summed E-state index contributed by atoms with van der Waals surface area (Å²) < 4.78 is 0. The zero-order valence-corrected chi connectivity index (χ0v) is 9.11. The Hall–Kier alpha value is -0.970. The number of hydrogen-bond acceptors (Lipinski definition) is 4. The zero-order valence-electron chi connectivity index (χ0n) is 9.11. The third-order valence-corrected chi connectivity index (χ3v) is 1.95. The molecule has 0 saturated heterocycles. The largest absolute Gasteiger partial charge is 0.392 e. The van der Waals surface area contributed by atoms with Crippen LogP contribution in [0.25, 0.3) is 0 Å². The first-order chi connectivity index (χ1) is 7.29. The van der Waals surface area contributed by atoms with E-state index in [1.165, 1.54) is 0 Å². The minimum absolute atomic E-state index is 0.277. The molecule has 0 bridgehead atoms. The molecule has 0 fully saturated rings. The maximum atomic E-state index is 8.99. The molecule has 0 aliphatic heterocycles. The molecule has 0 spiro atoms. The Morgan fingerprint density at radius 3 is 2.80 bits per heavy atom. The van der Waals surface area contributed by atoms with E-state index in [9.17, 15) is 0 Å². The van der Waals surface area contributed by atoms with Crippen molar-refractivity contribution in [3.8, 4) is 0 Å². The second-order valence-electron chi connectivity index (χ2n) is 3.55. The lowest BCUT2D eigenvalue weighted by Crippen LogP contribution is -2.31. The lowest BCUT2D eigenvalue weighted by molar-refractivity contribution is 0.191. The van der Waals surface area contributed by atoms with E-state index < -0.39 is 0 Å². The molecule has 3 N–H and O–H groups in total. The van der Waals surface area contributed by atoms with E-state index in [0.29, 0.717) is 6.54 Å². The molecule has 1 atom stereocenters. The summed E-state index contributed by atoms with van der Waals surface area (Å²) in [6.07, 6.45) is 1.52. The first kappa shape index (κ1) is 12.1. The third-order valence-electron chi connectivity index (χ3n) is 1.95.